The molecule has 0 aliphatic rings. The summed E-state index contributed by atoms with van der Waals surface area (Å²) < 4.78 is 65.0. The summed E-state index contributed by atoms with van der Waals surface area (Å²) in [7, 11) is 1.68. The summed E-state index contributed by atoms with van der Waals surface area (Å²) in [6.07, 6.45) is 0. The first-order valence-corrected chi connectivity index (χ1v) is 5.28. The Kier molecular flexibility index (Phi) is 5.03. The van der Waals surface area contributed by atoms with Crippen LogP contribution in [-0.4, -0.2) is 19.6 Å². The molecule has 1 unspecified atom stereocenters. The number of hydrogen-bond acceptors (Lipinski definition) is 2. The van der Waals surface area contributed by atoms with Crippen LogP contribution in [0.1, 0.15) is 12.5 Å². The molecule has 7 heteroatoms. The van der Waals surface area contributed by atoms with Crippen LogP contribution in [0.3, 0.4) is 0 Å². The van der Waals surface area contributed by atoms with Gasteiger partial charge in [0, 0.05) is 24.7 Å². The maximum Gasteiger partial charge on any atom is 0.200 e. The summed E-state index contributed by atoms with van der Waals surface area (Å²) in [5.41, 5.74) is -0.852. The van der Waals surface area contributed by atoms with Crippen molar-refractivity contribution < 1.29 is 22.0 Å². The maximum absolute atomic E-state index is 13.3. The van der Waals surface area contributed by atoms with Crippen molar-refractivity contribution in [2.75, 3.05) is 13.6 Å². The van der Waals surface area contributed by atoms with Crippen LogP contribution in [0.5, 0.6) is 0 Å². The van der Waals surface area contributed by atoms with E-state index >= 15 is 0 Å². The van der Waals surface area contributed by atoms with Gasteiger partial charge in [-0.25, -0.2) is 22.0 Å². The van der Waals surface area contributed by atoms with Gasteiger partial charge in [-0.1, -0.05) is 0 Å². The molecule has 18 heavy (non-hydrogen) atoms. The second-order valence-electron chi connectivity index (χ2n) is 3.89. The minimum Gasteiger partial charge on any atom is -0.318 e. The van der Waals surface area contributed by atoms with Crippen molar-refractivity contribution in [3.8, 4) is 0 Å². The molecule has 0 amide bonds. The predicted molar refractivity (Wildman–Crippen MR) is 56.5 cm³/mol. The molecule has 1 aromatic rings. The molecule has 2 nitrogen and oxygen atoms in total. The molecule has 1 atom stereocenters. The highest BCUT2D eigenvalue weighted by Crippen LogP contribution is 2.22. The van der Waals surface area contributed by atoms with Crippen molar-refractivity contribution in [2.45, 2.75) is 19.5 Å². The van der Waals surface area contributed by atoms with Gasteiger partial charge < -0.3 is 10.6 Å². The van der Waals surface area contributed by atoms with Crippen molar-refractivity contribution in [3.63, 3.8) is 0 Å². The molecule has 0 saturated carbocycles. The van der Waals surface area contributed by atoms with Crippen molar-refractivity contribution in [2.24, 2.45) is 0 Å². The number of hydrogen-bond donors (Lipinski definition) is 2. The smallest absolute Gasteiger partial charge is 0.200 e. The van der Waals surface area contributed by atoms with E-state index in [2.05, 4.69) is 10.6 Å². The summed E-state index contributed by atoms with van der Waals surface area (Å²) in [5.74, 6) is -9.58. The molecule has 0 bridgehead atoms. The highest BCUT2D eigenvalue weighted by Gasteiger charge is 2.25. The van der Waals surface area contributed by atoms with E-state index in [-0.39, 0.29) is 6.04 Å². The van der Waals surface area contributed by atoms with Gasteiger partial charge in [0.25, 0.3) is 0 Å². The fourth-order valence-electron chi connectivity index (χ4n) is 1.46. The summed E-state index contributed by atoms with van der Waals surface area (Å²) in [4.78, 5) is 0. The Morgan fingerprint density at radius 1 is 0.889 bits per heavy atom. The molecule has 0 aliphatic carbocycles. The topological polar surface area (TPSA) is 24.1 Å². The third-order valence-electron chi connectivity index (χ3n) is 2.44. The van der Waals surface area contributed by atoms with E-state index in [1.54, 1.807) is 14.0 Å². The van der Waals surface area contributed by atoms with Gasteiger partial charge in [0.1, 0.15) is 0 Å². The Hall–Kier alpha value is -1.21. The minimum atomic E-state index is -2.14. The standard InChI is InChI=1S/C11H13F5N2/c1-5(3-17-2)18-4-6-7(12)9(14)11(16)10(15)8(6)13/h5,17-18H,3-4H2,1-2H3. The molecular formula is C11H13F5N2. The molecule has 1 aromatic carbocycles. The normalized spacial score (nSPS) is 12.8. The number of benzene rings is 1. The summed E-state index contributed by atoms with van der Waals surface area (Å²) in [6, 6.07) is -0.176. The Bertz CT molecular complexity index is 407. The monoisotopic (exact) mass is 268 g/mol. The van der Waals surface area contributed by atoms with Crippen LogP contribution in [0.15, 0.2) is 0 Å². The molecule has 0 saturated heterocycles. The van der Waals surface area contributed by atoms with E-state index in [1.165, 1.54) is 0 Å². The van der Waals surface area contributed by atoms with Crippen molar-refractivity contribution in [3.05, 3.63) is 34.6 Å². The fraction of sp³-hybridized carbons (Fsp3) is 0.455. The Morgan fingerprint density at radius 3 is 1.78 bits per heavy atom. The summed E-state index contributed by atoms with van der Waals surface area (Å²) >= 11 is 0. The fourth-order valence-corrected chi connectivity index (χ4v) is 1.46. The Morgan fingerprint density at radius 2 is 1.33 bits per heavy atom. The molecule has 0 heterocycles. The Labute approximate surface area is 101 Å². The van der Waals surface area contributed by atoms with Gasteiger partial charge in [-0.3, -0.25) is 0 Å². The average Bonchev–Trinajstić information content (AvgIpc) is 2.34. The number of likely N-dealkylation sites (N-methyl/N-ethyl adjacent to an activating group) is 1. The van der Waals surface area contributed by atoms with E-state index in [9.17, 15) is 22.0 Å². The highest BCUT2D eigenvalue weighted by atomic mass is 19.2. The lowest BCUT2D eigenvalue weighted by Crippen LogP contribution is -2.35. The minimum absolute atomic E-state index is 0.176. The van der Waals surface area contributed by atoms with Gasteiger partial charge in [-0.15, -0.1) is 0 Å². The molecule has 0 spiro atoms. The van der Waals surface area contributed by atoms with Crippen LogP contribution in [0.4, 0.5) is 22.0 Å². The van der Waals surface area contributed by atoms with Crippen LogP contribution >= 0.6 is 0 Å². The first kappa shape index (κ1) is 14.8. The molecular weight excluding hydrogens is 255 g/mol. The second kappa shape index (κ2) is 6.10. The first-order chi connectivity index (χ1) is 8.40. The highest BCUT2D eigenvalue weighted by molar-refractivity contribution is 5.24. The SMILES string of the molecule is CNCC(C)NCc1c(F)c(F)c(F)c(F)c1F. The summed E-state index contributed by atoms with van der Waals surface area (Å²) in [5, 5.41) is 5.46. The second-order valence-corrected chi connectivity index (χ2v) is 3.89. The average molecular weight is 268 g/mol. The lowest BCUT2D eigenvalue weighted by Gasteiger charge is -2.14. The van der Waals surface area contributed by atoms with Crippen molar-refractivity contribution >= 4 is 0 Å². The van der Waals surface area contributed by atoms with Gasteiger partial charge in [0.05, 0.1) is 0 Å². The van der Waals surface area contributed by atoms with E-state index in [0.717, 1.165) is 0 Å². The van der Waals surface area contributed by atoms with Crippen molar-refractivity contribution in [1.82, 2.24) is 10.6 Å². The predicted octanol–water partition coefficient (Wildman–Crippen LogP) is 2.08. The number of rotatable bonds is 5. The zero-order valence-electron chi connectivity index (χ0n) is 9.88. The molecule has 0 radical (unpaired) electrons. The molecule has 0 aliphatic heterocycles. The third kappa shape index (κ3) is 2.97. The number of halogens is 5. The van der Waals surface area contributed by atoms with Crippen LogP contribution in [-0.2, 0) is 6.54 Å². The third-order valence-corrected chi connectivity index (χ3v) is 2.44. The largest absolute Gasteiger partial charge is 0.318 e. The van der Waals surface area contributed by atoms with Crippen LogP contribution in [0.25, 0.3) is 0 Å². The molecule has 0 fully saturated rings. The van der Waals surface area contributed by atoms with Crippen LogP contribution in [0.2, 0.25) is 0 Å². The maximum atomic E-state index is 13.3. The van der Waals surface area contributed by atoms with Gasteiger partial charge in [0.15, 0.2) is 23.3 Å². The molecule has 102 valence electrons. The molecule has 0 aromatic heterocycles. The Balaban J connectivity index is 2.96. The lowest BCUT2D eigenvalue weighted by atomic mass is 10.1. The number of nitrogens with one attached hydrogen (secondary N) is 2. The first-order valence-electron chi connectivity index (χ1n) is 5.28. The van der Waals surface area contributed by atoms with Gasteiger partial charge >= 0.3 is 0 Å². The van der Waals surface area contributed by atoms with E-state index in [4.69, 9.17) is 0 Å². The van der Waals surface area contributed by atoms with Crippen molar-refractivity contribution in [1.29, 1.82) is 0 Å². The summed E-state index contributed by atoms with van der Waals surface area (Å²) in [6.45, 7) is 1.77. The van der Waals surface area contributed by atoms with E-state index < -0.39 is 41.2 Å². The quantitative estimate of drug-likeness (QED) is 0.485. The zero-order chi connectivity index (χ0) is 13.9. The van der Waals surface area contributed by atoms with Gasteiger partial charge in [-0.2, -0.15) is 0 Å². The van der Waals surface area contributed by atoms with E-state index in [1.807, 2.05) is 0 Å². The molecule has 2 N–H and O–H groups in total. The van der Waals surface area contributed by atoms with Crippen LogP contribution < -0.4 is 10.6 Å². The molecule has 1 rings (SSSR count). The van der Waals surface area contributed by atoms with E-state index in [0.29, 0.717) is 6.54 Å². The zero-order valence-corrected chi connectivity index (χ0v) is 9.88. The lowest BCUT2D eigenvalue weighted by molar-refractivity contribution is 0.364. The van der Waals surface area contributed by atoms with Gasteiger partial charge in [0.2, 0.25) is 5.82 Å². The van der Waals surface area contributed by atoms with Gasteiger partial charge in [-0.05, 0) is 14.0 Å². The van der Waals surface area contributed by atoms with Crippen LogP contribution in [0, 0.1) is 29.1 Å².